The largest absolute Gasteiger partial charge is 0.343 e. The predicted octanol–water partition coefficient (Wildman–Crippen LogP) is 6.19. The van der Waals surface area contributed by atoms with Crippen molar-refractivity contribution in [1.29, 1.82) is 0 Å². The topological polar surface area (TPSA) is 7.12 Å². The SMILES string of the molecule is Cc1c2c(c3c4c(cccc14)CCC3)N(C)c1cc([Si](C)(C)c3ccccc3)cc3cc[n+](C)c-2c13. The molecule has 0 fully saturated rings. The van der Waals surface area contributed by atoms with Gasteiger partial charge in [0.15, 0.2) is 6.20 Å². The Morgan fingerprint density at radius 3 is 2.47 bits per heavy atom. The van der Waals surface area contributed by atoms with Crippen LogP contribution in [0.3, 0.4) is 0 Å². The Morgan fingerprint density at radius 1 is 0.861 bits per heavy atom. The summed E-state index contributed by atoms with van der Waals surface area (Å²) in [7, 11) is 2.67. The fraction of sp³-hybridized carbons (Fsp3) is 0.242. The van der Waals surface area contributed by atoms with E-state index in [0.29, 0.717) is 0 Å². The zero-order valence-corrected chi connectivity index (χ0v) is 22.9. The second-order valence-electron chi connectivity index (χ2n) is 11.3. The highest BCUT2D eigenvalue weighted by atomic mass is 28.3. The highest BCUT2D eigenvalue weighted by Gasteiger charge is 2.36. The van der Waals surface area contributed by atoms with Gasteiger partial charge in [0.05, 0.1) is 22.3 Å². The molecule has 178 valence electrons. The van der Waals surface area contributed by atoms with Crippen LogP contribution in [0.4, 0.5) is 11.4 Å². The molecule has 7 rings (SSSR count). The van der Waals surface area contributed by atoms with Crippen LogP contribution in [-0.2, 0) is 19.9 Å². The Kier molecular flexibility index (Phi) is 4.57. The molecule has 3 heteroatoms. The number of aromatic nitrogens is 1. The van der Waals surface area contributed by atoms with Gasteiger partial charge in [-0.05, 0) is 65.1 Å². The highest BCUT2D eigenvalue weighted by Crippen LogP contribution is 2.52. The fourth-order valence-electron chi connectivity index (χ4n) is 6.97. The summed E-state index contributed by atoms with van der Waals surface area (Å²) in [5.74, 6) is 0. The molecule has 0 N–H and O–H groups in total. The van der Waals surface area contributed by atoms with Crippen LogP contribution < -0.4 is 19.8 Å². The van der Waals surface area contributed by atoms with Crippen molar-refractivity contribution in [2.45, 2.75) is 39.3 Å². The van der Waals surface area contributed by atoms with E-state index < -0.39 is 8.07 Å². The lowest BCUT2D eigenvalue weighted by Crippen LogP contribution is -2.53. The maximum atomic E-state index is 2.54. The molecule has 1 aliphatic heterocycles. The summed E-state index contributed by atoms with van der Waals surface area (Å²) in [5, 5.41) is 8.67. The molecule has 5 aromatic rings. The number of anilines is 2. The van der Waals surface area contributed by atoms with Gasteiger partial charge in [-0.1, -0.05) is 78.1 Å². The quantitative estimate of drug-likeness (QED) is 0.214. The maximum absolute atomic E-state index is 2.54. The van der Waals surface area contributed by atoms with Crippen molar-refractivity contribution in [3.63, 3.8) is 0 Å². The van der Waals surface area contributed by atoms with E-state index >= 15 is 0 Å². The number of nitrogens with zero attached hydrogens (tertiary/aromatic N) is 2. The Balaban J connectivity index is 1.60. The van der Waals surface area contributed by atoms with Crippen LogP contribution in [0.2, 0.25) is 13.1 Å². The van der Waals surface area contributed by atoms with Gasteiger partial charge in [0, 0.05) is 13.1 Å². The fourth-order valence-corrected chi connectivity index (χ4v) is 9.34. The van der Waals surface area contributed by atoms with Crippen LogP contribution in [0.15, 0.2) is 72.9 Å². The zero-order chi connectivity index (χ0) is 24.8. The molecule has 0 atom stereocenters. The van der Waals surface area contributed by atoms with E-state index in [1.807, 2.05) is 0 Å². The molecular weight excluding hydrogens is 452 g/mol. The van der Waals surface area contributed by atoms with Gasteiger partial charge in [-0.3, -0.25) is 0 Å². The van der Waals surface area contributed by atoms with E-state index in [9.17, 15) is 0 Å². The van der Waals surface area contributed by atoms with Gasteiger partial charge in [-0.2, -0.15) is 0 Å². The Morgan fingerprint density at radius 2 is 1.67 bits per heavy atom. The van der Waals surface area contributed by atoms with Gasteiger partial charge in [0.25, 0.3) is 0 Å². The third-order valence-corrected chi connectivity index (χ3v) is 12.5. The minimum atomic E-state index is -1.86. The zero-order valence-electron chi connectivity index (χ0n) is 21.9. The summed E-state index contributed by atoms with van der Waals surface area (Å²) >= 11 is 0. The van der Waals surface area contributed by atoms with E-state index in [-0.39, 0.29) is 0 Å². The van der Waals surface area contributed by atoms with Gasteiger partial charge in [0.2, 0.25) is 5.69 Å². The van der Waals surface area contributed by atoms with E-state index in [2.05, 4.69) is 117 Å². The monoisotopic (exact) mass is 485 g/mol. The number of hydrogen-bond donors (Lipinski definition) is 0. The van der Waals surface area contributed by atoms with Gasteiger partial charge < -0.3 is 4.90 Å². The van der Waals surface area contributed by atoms with Crippen molar-refractivity contribution in [1.82, 2.24) is 0 Å². The third-order valence-electron chi connectivity index (χ3n) is 8.99. The summed E-state index contributed by atoms with van der Waals surface area (Å²) in [5.41, 5.74) is 10.1. The molecule has 2 heterocycles. The third kappa shape index (κ3) is 2.81. The molecule has 0 saturated carbocycles. The molecule has 0 spiro atoms. The number of pyridine rings is 1. The maximum Gasteiger partial charge on any atom is 0.224 e. The minimum Gasteiger partial charge on any atom is -0.343 e. The van der Waals surface area contributed by atoms with Crippen molar-refractivity contribution in [3.8, 4) is 11.3 Å². The van der Waals surface area contributed by atoms with Crippen LogP contribution >= 0.6 is 0 Å². The van der Waals surface area contributed by atoms with Gasteiger partial charge in [0.1, 0.15) is 15.1 Å². The first-order chi connectivity index (χ1) is 17.4. The second kappa shape index (κ2) is 7.53. The lowest BCUT2D eigenvalue weighted by atomic mass is 9.80. The molecule has 36 heavy (non-hydrogen) atoms. The molecule has 0 saturated heterocycles. The first-order valence-corrected chi connectivity index (χ1v) is 16.2. The smallest absolute Gasteiger partial charge is 0.224 e. The Labute approximate surface area is 214 Å². The van der Waals surface area contributed by atoms with Gasteiger partial charge in [-0.25, -0.2) is 4.57 Å². The highest BCUT2D eigenvalue weighted by molar-refractivity contribution is 7.00. The van der Waals surface area contributed by atoms with Crippen molar-refractivity contribution in [3.05, 3.63) is 89.6 Å². The molecule has 2 aliphatic rings. The second-order valence-corrected chi connectivity index (χ2v) is 15.7. The lowest BCUT2D eigenvalue weighted by molar-refractivity contribution is -0.659. The number of fused-ring (bicyclic) bond motifs is 3. The molecular formula is C33H33N2Si+. The molecule has 0 amide bonds. The van der Waals surface area contributed by atoms with Crippen LogP contribution in [0.25, 0.3) is 32.8 Å². The molecule has 0 unspecified atom stereocenters. The minimum absolute atomic E-state index is 1.15. The van der Waals surface area contributed by atoms with Crippen LogP contribution in [-0.4, -0.2) is 15.1 Å². The summed E-state index contributed by atoms with van der Waals surface area (Å²) in [4.78, 5) is 2.54. The average molecular weight is 486 g/mol. The molecule has 1 aliphatic carbocycles. The Bertz CT molecular complexity index is 1720. The van der Waals surface area contributed by atoms with E-state index in [0.717, 1.165) is 6.42 Å². The number of aryl methyl sites for hydroxylation is 4. The lowest BCUT2D eigenvalue weighted by Gasteiger charge is -2.35. The van der Waals surface area contributed by atoms with E-state index in [1.165, 1.54) is 78.5 Å². The number of hydrogen-bond acceptors (Lipinski definition) is 1. The van der Waals surface area contributed by atoms with Gasteiger partial charge in [-0.15, -0.1) is 0 Å². The van der Waals surface area contributed by atoms with Crippen LogP contribution in [0.1, 0.15) is 23.1 Å². The molecule has 1 aromatic heterocycles. The molecule has 0 bridgehead atoms. The van der Waals surface area contributed by atoms with Crippen molar-refractivity contribution in [2.75, 3.05) is 11.9 Å². The van der Waals surface area contributed by atoms with E-state index in [1.54, 1.807) is 5.56 Å². The number of rotatable bonds is 2. The van der Waals surface area contributed by atoms with E-state index in [4.69, 9.17) is 0 Å². The first kappa shape index (κ1) is 21.8. The standard InChI is InChI=1S/C33H33N2Si/c1-21-26-15-9-11-22-12-10-16-27(30(22)26)32-29(21)33-31-23(17-18-34(33)2)19-25(20-28(31)35(32)3)36(4,5)24-13-7-6-8-14-24/h6-9,11,13-15,17-20H,10,12,16H2,1-5H3/q+1. The predicted molar refractivity (Wildman–Crippen MR) is 156 cm³/mol. The number of benzene rings is 4. The van der Waals surface area contributed by atoms with Crippen molar-refractivity contribution in [2.24, 2.45) is 7.05 Å². The summed E-state index contributed by atoms with van der Waals surface area (Å²) in [6.07, 6.45) is 5.84. The molecule has 2 nitrogen and oxygen atoms in total. The van der Waals surface area contributed by atoms with Crippen LogP contribution in [0.5, 0.6) is 0 Å². The van der Waals surface area contributed by atoms with Gasteiger partial charge >= 0.3 is 0 Å². The normalized spacial score (nSPS) is 14.4. The van der Waals surface area contributed by atoms with Crippen molar-refractivity contribution < 1.29 is 4.57 Å². The Hall–Kier alpha value is -3.43. The first-order valence-electron chi connectivity index (χ1n) is 13.2. The summed E-state index contributed by atoms with van der Waals surface area (Å²) in [6.45, 7) is 7.32. The summed E-state index contributed by atoms with van der Waals surface area (Å²) < 4.78 is 2.36. The average Bonchev–Trinajstić information content (AvgIpc) is 2.90. The molecule has 0 radical (unpaired) electrons. The van der Waals surface area contributed by atoms with Crippen molar-refractivity contribution >= 4 is 51.4 Å². The summed E-state index contributed by atoms with van der Waals surface area (Å²) in [6, 6.07) is 25.4. The van der Waals surface area contributed by atoms with Crippen LogP contribution in [0, 0.1) is 6.92 Å². The molecule has 4 aromatic carbocycles.